The van der Waals surface area contributed by atoms with Crippen LogP contribution in [0, 0.1) is 3.57 Å². The molecule has 4 nitrogen and oxygen atoms in total. The van der Waals surface area contributed by atoms with Gasteiger partial charge < -0.3 is 4.74 Å². The highest BCUT2D eigenvalue weighted by molar-refractivity contribution is 14.1. The third kappa shape index (κ3) is 3.79. The first-order valence-corrected chi connectivity index (χ1v) is 6.30. The van der Waals surface area contributed by atoms with Crippen LogP contribution in [0.2, 0.25) is 0 Å². The van der Waals surface area contributed by atoms with Crippen LogP contribution in [0.25, 0.3) is 0 Å². The molecule has 0 atom stereocenters. The molecule has 0 saturated carbocycles. The van der Waals surface area contributed by atoms with Gasteiger partial charge in [0.25, 0.3) is 0 Å². The van der Waals surface area contributed by atoms with Crippen LogP contribution in [0.15, 0.2) is 23.1 Å². The zero-order chi connectivity index (χ0) is 12.6. The van der Waals surface area contributed by atoms with Gasteiger partial charge in [-0.25, -0.2) is 13.6 Å². The molecule has 0 bridgehead atoms. The van der Waals surface area contributed by atoms with Crippen molar-refractivity contribution >= 4 is 32.6 Å². The summed E-state index contributed by atoms with van der Waals surface area (Å²) in [5.74, 6) is -0.838. The van der Waals surface area contributed by atoms with Crippen LogP contribution in [-0.2, 0) is 10.0 Å². The first-order valence-electron chi connectivity index (χ1n) is 3.68. The van der Waals surface area contributed by atoms with Gasteiger partial charge in [-0.15, -0.1) is 13.2 Å². The van der Waals surface area contributed by atoms with Crippen molar-refractivity contribution in [2.24, 2.45) is 5.14 Å². The Balaban J connectivity index is 3.30. The van der Waals surface area contributed by atoms with Crippen molar-refractivity contribution in [2.75, 3.05) is 0 Å². The van der Waals surface area contributed by atoms with Gasteiger partial charge in [0.05, 0.1) is 0 Å². The Kier molecular flexibility index (Phi) is 3.69. The van der Waals surface area contributed by atoms with E-state index in [1.807, 2.05) is 0 Å². The highest BCUT2D eigenvalue weighted by Crippen LogP contribution is 2.29. The molecule has 9 heteroatoms. The molecular formula is C7H5F3INO3S. The van der Waals surface area contributed by atoms with Crippen LogP contribution < -0.4 is 9.88 Å². The van der Waals surface area contributed by atoms with Gasteiger partial charge in [-0.2, -0.15) is 0 Å². The van der Waals surface area contributed by atoms with Crippen molar-refractivity contribution < 1.29 is 26.3 Å². The van der Waals surface area contributed by atoms with E-state index in [4.69, 9.17) is 5.14 Å². The monoisotopic (exact) mass is 367 g/mol. The van der Waals surface area contributed by atoms with E-state index in [2.05, 4.69) is 4.74 Å². The number of primary sulfonamides is 1. The summed E-state index contributed by atoms with van der Waals surface area (Å²) < 4.78 is 61.9. The fourth-order valence-electron chi connectivity index (χ4n) is 0.913. The maximum Gasteiger partial charge on any atom is 0.573 e. The van der Waals surface area contributed by atoms with Crippen molar-refractivity contribution in [1.29, 1.82) is 0 Å². The summed E-state index contributed by atoms with van der Waals surface area (Å²) in [5.41, 5.74) is 0. The molecule has 0 aromatic heterocycles. The molecule has 0 aliphatic heterocycles. The number of rotatable bonds is 2. The molecule has 0 radical (unpaired) electrons. The summed E-state index contributed by atoms with van der Waals surface area (Å²) in [7, 11) is -4.26. The molecule has 0 aliphatic rings. The van der Waals surface area contributed by atoms with Crippen LogP contribution in [0.5, 0.6) is 5.75 Å². The molecule has 1 aromatic carbocycles. The Labute approximate surface area is 103 Å². The molecule has 0 spiro atoms. The second-order valence-electron chi connectivity index (χ2n) is 2.68. The van der Waals surface area contributed by atoms with E-state index in [0.29, 0.717) is 3.57 Å². The molecule has 0 amide bonds. The Morgan fingerprint density at radius 3 is 2.31 bits per heavy atom. The number of ether oxygens (including phenoxy) is 1. The minimum Gasteiger partial charge on any atom is -0.404 e. The summed E-state index contributed by atoms with van der Waals surface area (Å²) in [5, 5.41) is 4.77. The van der Waals surface area contributed by atoms with Crippen LogP contribution in [0.4, 0.5) is 13.2 Å². The lowest BCUT2D eigenvalue weighted by Gasteiger charge is -2.12. The number of halogens is 4. The Bertz CT molecular complexity index is 500. The van der Waals surface area contributed by atoms with Crippen molar-refractivity contribution in [2.45, 2.75) is 11.3 Å². The average molecular weight is 367 g/mol. The standard InChI is InChI=1S/C7H5F3INO3S/c8-7(9,10)15-5-2-1-4(11)3-6(5)16(12,13)14/h1-3H,(H2,12,13,14). The van der Waals surface area contributed by atoms with E-state index in [9.17, 15) is 21.6 Å². The molecule has 90 valence electrons. The van der Waals surface area contributed by atoms with Gasteiger partial charge >= 0.3 is 6.36 Å². The molecule has 0 unspecified atom stereocenters. The van der Waals surface area contributed by atoms with Gasteiger partial charge in [0.2, 0.25) is 10.0 Å². The fourth-order valence-corrected chi connectivity index (χ4v) is 2.30. The molecule has 2 N–H and O–H groups in total. The zero-order valence-corrected chi connectivity index (χ0v) is 10.4. The minimum absolute atomic E-state index is 0.427. The summed E-state index contributed by atoms with van der Waals surface area (Å²) in [6, 6.07) is 3.17. The van der Waals surface area contributed by atoms with Crippen LogP contribution >= 0.6 is 22.6 Å². The number of alkyl halides is 3. The van der Waals surface area contributed by atoms with E-state index in [-0.39, 0.29) is 0 Å². The number of hydrogen-bond acceptors (Lipinski definition) is 3. The van der Waals surface area contributed by atoms with Gasteiger partial charge in [0, 0.05) is 3.57 Å². The molecule has 1 rings (SSSR count). The van der Waals surface area contributed by atoms with E-state index >= 15 is 0 Å². The van der Waals surface area contributed by atoms with Gasteiger partial charge in [-0.1, -0.05) is 0 Å². The quantitative estimate of drug-likeness (QED) is 0.812. The third-order valence-electron chi connectivity index (χ3n) is 1.44. The van der Waals surface area contributed by atoms with Crippen molar-refractivity contribution in [3.63, 3.8) is 0 Å². The van der Waals surface area contributed by atoms with Gasteiger partial charge in [-0.05, 0) is 40.8 Å². The SMILES string of the molecule is NS(=O)(=O)c1cc(I)ccc1OC(F)(F)F. The summed E-state index contributed by atoms with van der Waals surface area (Å²) in [4.78, 5) is -0.697. The smallest absolute Gasteiger partial charge is 0.404 e. The first-order chi connectivity index (χ1) is 7.09. The van der Waals surface area contributed by atoms with Gasteiger partial charge in [0.15, 0.2) is 0 Å². The molecule has 0 aliphatic carbocycles. The number of nitrogens with two attached hydrogens (primary N) is 1. The minimum atomic E-state index is -4.97. The number of sulfonamides is 1. The Morgan fingerprint density at radius 1 is 1.31 bits per heavy atom. The lowest BCUT2D eigenvalue weighted by Crippen LogP contribution is -2.21. The summed E-state index contributed by atoms with van der Waals surface area (Å²) >= 11 is 1.74. The van der Waals surface area contributed by atoms with Gasteiger partial charge in [0.1, 0.15) is 10.6 Å². The molecular weight excluding hydrogens is 362 g/mol. The topological polar surface area (TPSA) is 69.4 Å². The van der Waals surface area contributed by atoms with Crippen LogP contribution in [0.3, 0.4) is 0 Å². The van der Waals surface area contributed by atoms with E-state index in [1.165, 1.54) is 6.07 Å². The maximum absolute atomic E-state index is 12.0. The zero-order valence-electron chi connectivity index (χ0n) is 7.45. The van der Waals surface area contributed by atoms with Crippen molar-refractivity contribution in [3.8, 4) is 5.75 Å². The lowest BCUT2D eigenvalue weighted by molar-refractivity contribution is -0.275. The van der Waals surface area contributed by atoms with Gasteiger partial charge in [-0.3, -0.25) is 0 Å². The number of hydrogen-bond donors (Lipinski definition) is 1. The Hall–Kier alpha value is -0.550. The molecule has 0 saturated heterocycles. The predicted octanol–water partition coefficient (Wildman–Crippen LogP) is 1.84. The first kappa shape index (κ1) is 13.5. The normalized spacial score (nSPS) is 12.6. The molecule has 1 aromatic rings. The average Bonchev–Trinajstić information content (AvgIpc) is 2.04. The van der Waals surface area contributed by atoms with Crippen molar-refractivity contribution in [1.82, 2.24) is 0 Å². The maximum atomic E-state index is 12.0. The van der Waals surface area contributed by atoms with E-state index < -0.39 is 27.0 Å². The third-order valence-corrected chi connectivity index (χ3v) is 3.04. The van der Waals surface area contributed by atoms with E-state index in [1.54, 1.807) is 22.6 Å². The highest BCUT2D eigenvalue weighted by atomic mass is 127. The molecule has 16 heavy (non-hydrogen) atoms. The summed E-state index contributed by atoms with van der Waals surface area (Å²) in [6.45, 7) is 0. The highest BCUT2D eigenvalue weighted by Gasteiger charge is 2.33. The fraction of sp³-hybridized carbons (Fsp3) is 0.143. The lowest BCUT2D eigenvalue weighted by atomic mass is 10.3. The summed E-state index contributed by atoms with van der Waals surface area (Å²) in [6.07, 6.45) is -4.97. The van der Waals surface area contributed by atoms with E-state index in [0.717, 1.165) is 12.1 Å². The predicted molar refractivity (Wildman–Crippen MR) is 57.2 cm³/mol. The van der Waals surface area contributed by atoms with Crippen LogP contribution in [0.1, 0.15) is 0 Å². The van der Waals surface area contributed by atoms with Crippen LogP contribution in [-0.4, -0.2) is 14.8 Å². The Morgan fingerprint density at radius 2 is 1.88 bits per heavy atom. The second-order valence-corrected chi connectivity index (χ2v) is 5.46. The largest absolute Gasteiger partial charge is 0.573 e. The number of benzene rings is 1. The molecule has 0 heterocycles. The molecule has 0 fully saturated rings. The second kappa shape index (κ2) is 4.37. The van der Waals surface area contributed by atoms with Crippen molar-refractivity contribution in [3.05, 3.63) is 21.8 Å².